The van der Waals surface area contributed by atoms with Gasteiger partial charge >= 0.3 is 0 Å². The van der Waals surface area contributed by atoms with E-state index in [4.69, 9.17) is 0 Å². The highest BCUT2D eigenvalue weighted by molar-refractivity contribution is 7.08. The molecule has 25 heavy (non-hydrogen) atoms. The Hall–Kier alpha value is -2.47. The zero-order valence-electron chi connectivity index (χ0n) is 13.9. The quantitative estimate of drug-likeness (QED) is 0.723. The molecule has 0 saturated carbocycles. The molecule has 128 valence electrons. The number of nitrogens with zero attached hydrogens (tertiary/aromatic N) is 4. The zero-order valence-corrected chi connectivity index (χ0v) is 14.7. The monoisotopic (exact) mass is 352 g/mol. The molecule has 4 heterocycles. The summed E-state index contributed by atoms with van der Waals surface area (Å²) in [6.07, 6.45) is 9.59. The van der Waals surface area contributed by atoms with E-state index in [1.165, 1.54) is 5.56 Å². The molecule has 0 aromatic carbocycles. The number of hydrogen-bond donors (Lipinski definition) is 0. The van der Waals surface area contributed by atoms with Gasteiger partial charge in [0.05, 0.1) is 5.56 Å². The summed E-state index contributed by atoms with van der Waals surface area (Å²) < 4.78 is 2.19. The van der Waals surface area contributed by atoms with Crippen LogP contribution in [0.3, 0.4) is 0 Å². The third-order valence-corrected chi connectivity index (χ3v) is 5.38. The second-order valence-corrected chi connectivity index (χ2v) is 7.15. The van der Waals surface area contributed by atoms with Crippen molar-refractivity contribution in [2.75, 3.05) is 13.1 Å². The Morgan fingerprint density at radius 1 is 1.24 bits per heavy atom. The van der Waals surface area contributed by atoms with Crippen LogP contribution in [0.5, 0.6) is 0 Å². The van der Waals surface area contributed by atoms with Gasteiger partial charge < -0.3 is 9.47 Å². The van der Waals surface area contributed by atoms with Crippen LogP contribution in [0.1, 0.15) is 40.5 Å². The fraction of sp³-hybridized carbons (Fsp3) is 0.316. The van der Waals surface area contributed by atoms with E-state index >= 15 is 0 Å². The van der Waals surface area contributed by atoms with Crippen LogP contribution in [0.25, 0.3) is 0 Å². The maximum Gasteiger partial charge on any atom is 0.254 e. The number of likely N-dealkylation sites (tertiary alicyclic amines) is 1. The lowest BCUT2D eigenvalue weighted by atomic mass is 9.96. The van der Waals surface area contributed by atoms with E-state index in [0.717, 1.165) is 43.9 Å². The Morgan fingerprint density at radius 3 is 2.92 bits per heavy atom. The van der Waals surface area contributed by atoms with Crippen molar-refractivity contribution in [2.24, 2.45) is 0 Å². The molecule has 5 nitrogen and oxygen atoms in total. The molecule has 0 unspecified atom stereocenters. The van der Waals surface area contributed by atoms with Crippen molar-refractivity contribution in [1.82, 2.24) is 19.4 Å². The van der Waals surface area contributed by atoms with Crippen LogP contribution >= 0.6 is 11.3 Å². The van der Waals surface area contributed by atoms with E-state index < -0.39 is 0 Å². The SMILES string of the molecule is O=C(c1ccsc1)N1CCC[C@@H](c2nccn2Cc2ccncc2)C1. The van der Waals surface area contributed by atoms with Crippen molar-refractivity contribution >= 4 is 17.2 Å². The number of aromatic nitrogens is 3. The number of pyridine rings is 1. The number of carbonyl (C=O) groups is 1. The van der Waals surface area contributed by atoms with E-state index in [0.29, 0.717) is 0 Å². The lowest BCUT2D eigenvalue weighted by Gasteiger charge is -2.32. The summed E-state index contributed by atoms with van der Waals surface area (Å²) in [6, 6.07) is 5.95. The predicted octanol–water partition coefficient (Wildman–Crippen LogP) is 3.41. The molecule has 1 saturated heterocycles. The van der Waals surface area contributed by atoms with Crippen molar-refractivity contribution in [3.8, 4) is 0 Å². The molecule has 1 fully saturated rings. The average molecular weight is 352 g/mol. The van der Waals surface area contributed by atoms with Crippen molar-refractivity contribution in [3.63, 3.8) is 0 Å². The first-order valence-corrected chi connectivity index (χ1v) is 9.47. The number of imidazole rings is 1. The Labute approximate surface area is 151 Å². The highest BCUT2D eigenvalue weighted by atomic mass is 32.1. The van der Waals surface area contributed by atoms with Gasteiger partial charge in [-0.3, -0.25) is 9.78 Å². The molecule has 0 aliphatic carbocycles. The molecule has 6 heteroatoms. The van der Waals surface area contributed by atoms with Gasteiger partial charge in [0.2, 0.25) is 0 Å². The first-order chi connectivity index (χ1) is 12.3. The summed E-state index contributed by atoms with van der Waals surface area (Å²) in [5, 5.41) is 3.88. The standard InChI is InChI=1S/C19H20N4OS/c24-19(17-5-11-25-14-17)23-9-1-2-16(13-23)18-21-8-10-22(18)12-15-3-6-20-7-4-15/h3-8,10-11,14,16H,1-2,9,12-13H2/t16-/m1/s1. The zero-order chi connectivity index (χ0) is 17.1. The number of rotatable bonds is 4. The third kappa shape index (κ3) is 3.49. The fourth-order valence-corrected chi connectivity index (χ4v) is 4.07. The van der Waals surface area contributed by atoms with Crippen LogP contribution in [0, 0.1) is 0 Å². The van der Waals surface area contributed by atoms with Gasteiger partial charge in [0, 0.05) is 55.7 Å². The van der Waals surface area contributed by atoms with E-state index in [-0.39, 0.29) is 11.8 Å². The van der Waals surface area contributed by atoms with Crippen LogP contribution in [0.15, 0.2) is 53.7 Å². The molecule has 1 aliphatic heterocycles. The lowest BCUT2D eigenvalue weighted by Crippen LogP contribution is -2.39. The van der Waals surface area contributed by atoms with E-state index in [2.05, 4.69) is 14.5 Å². The van der Waals surface area contributed by atoms with E-state index in [1.54, 1.807) is 11.3 Å². The average Bonchev–Trinajstić information content (AvgIpc) is 3.34. The van der Waals surface area contributed by atoms with Crippen LogP contribution < -0.4 is 0 Å². The van der Waals surface area contributed by atoms with Crippen LogP contribution in [-0.4, -0.2) is 38.4 Å². The van der Waals surface area contributed by atoms with Gasteiger partial charge in [-0.25, -0.2) is 4.98 Å². The highest BCUT2D eigenvalue weighted by Gasteiger charge is 2.28. The molecule has 0 spiro atoms. The summed E-state index contributed by atoms with van der Waals surface area (Å²) in [7, 11) is 0. The maximum atomic E-state index is 12.7. The normalized spacial score (nSPS) is 17.6. The van der Waals surface area contributed by atoms with E-state index in [1.807, 2.05) is 58.6 Å². The molecule has 1 aliphatic rings. The van der Waals surface area contributed by atoms with Gasteiger partial charge in [-0.1, -0.05) is 0 Å². The maximum absolute atomic E-state index is 12.7. The minimum Gasteiger partial charge on any atom is -0.338 e. The van der Waals surface area contributed by atoms with Gasteiger partial charge in [0.25, 0.3) is 5.91 Å². The molecule has 1 amide bonds. The van der Waals surface area contributed by atoms with Gasteiger partial charge in [-0.05, 0) is 42.0 Å². The molecule has 0 bridgehead atoms. The Balaban J connectivity index is 1.50. The predicted molar refractivity (Wildman–Crippen MR) is 97.8 cm³/mol. The second-order valence-electron chi connectivity index (χ2n) is 6.37. The van der Waals surface area contributed by atoms with Gasteiger partial charge in [-0.2, -0.15) is 11.3 Å². The molecule has 3 aromatic heterocycles. The molecule has 0 N–H and O–H groups in total. The number of hydrogen-bond acceptors (Lipinski definition) is 4. The number of thiophene rings is 1. The van der Waals surface area contributed by atoms with Gasteiger partial charge in [-0.15, -0.1) is 0 Å². The van der Waals surface area contributed by atoms with Crippen LogP contribution in [-0.2, 0) is 6.54 Å². The smallest absolute Gasteiger partial charge is 0.254 e. The van der Waals surface area contributed by atoms with E-state index in [9.17, 15) is 4.79 Å². The van der Waals surface area contributed by atoms with Crippen LogP contribution in [0.4, 0.5) is 0 Å². The Morgan fingerprint density at radius 2 is 2.12 bits per heavy atom. The highest BCUT2D eigenvalue weighted by Crippen LogP contribution is 2.27. The first-order valence-electron chi connectivity index (χ1n) is 8.52. The van der Waals surface area contributed by atoms with Crippen molar-refractivity contribution in [1.29, 1.82) is 0 Å². The largest absolute Gasteiger partial charge is 0.338 e. The minimum atomic E-state index is 0.137. The summed E-state index contributed by atoms with van der Waals surface area (Å²) in [6.45, 7) is 2.35. The Bertz CT molecular complexity index is 828. The minimum absolute atomic E-state index is 0.137. The lowest BCUT2D eigenvalue weighted by molar-refractivity contribution is 0.0704. The topological polar surface area (TPSA) is 51.0 Å². The second kappa shape index (κ2) is 7.19. The fourth-order valence-electron chi connectivity index (χ4n) is 3.44. The summed E-state index contributed by atoms with van der Waals surface area (Å²) in [5.41, 5.74) is 2.00. The molecular formula is C19H20N4OS. The Kier molecular flexibility index (Phi) is 4.61. The first kappa shape index (κ1) is 16.0. The van der Waals surface area contributed by atoms with Gasteiger partial charge in [0.15, 0.2) is 0 Å². The van der Waals surface area contributed by atoms with Crippen molar-refractivity contribution in [3.05, 3.63) is 70.7 Å². The third-order valence-electron chi connectivity index (χ3n) is 4.69. The number of piperidine rings is 1. The molecule has 3 aromatic rings. The number of amides is 1. The molecular weight excluding hydrogens is 332 g/mol. The summed E-state index contributed by atoms with van der Waals surface area (Å²) in [5.74, 6) is 1.49. The molecule has 1 atom stereocenters. The van der Waals surface area contributed by atoms with Crippen LogP contribution in [0.2, 0.25) is 0 Å². The summed E-state index contributed by atoms with van der Waals surface area (Å²) >= 11 is 1.57. The summed E-state index contributed by atoms with van der Waals surface area (Å²) in [4.78, 5) is 23.3. The molecule has 0 radical (unpaired) electrons. The van der Waals surface area contributed by atoms with Gasteiger partial charge in [0.1, 0.15) is 5.82 Å². The van der Waals surface area contributed by atoms with Crippen molar-refractivity contribution < 1.29 is 4.79 Å². The number of carbonyl (C=O) groups excluding carboxylic acids is 1. The molecule has 4 rings (SSSR count). The van der Waals surface area contributed by atoms with Crippen molar-refractivity contribution in [2.45, 2.75) is 25.3 Å².